The van der Waals surface area contributed by atoms with Crippen molar-refractivity contribution in [3.63, 3.8) is 0 Å². The molecule has 0 saturated heterocycles. The first-order chi connectivity index (χ1) is 13.9. The summed E-state index contributed by atoms with van der Waals surface area (Å²) in [5, 5.41) is 20.0. The third-order valence-electron chi connectivity index (χ3n) is 7.16. The molecule has 30 heavy (non-hydrogen) atoms. The number of hydrogen-bond acceptors (Lipinski definition) is 5. The molecular formula is C23H29FN4O2. The van der Waals surface area contributed by atoms with E-state index in [0.29, 0.717) is 30.4 Å². The van der Waals surface area contributed by atoms with Crippen molar-refractivity contribution in [2.24, 2.45) is 28.0 Å². The van der Waals surface area contributed by atoms with Crippen molar-refractivity contribution in [3.05, 3.63) is 34.9 Å². The monoisotopic (exact) mass is 412 g/mol. The molecule has 1 saturated carbocycles. The van der Waals surface area contributed by atoms with Crippen molar-refractivity contribution < 1.29 is 14.3 Å². The quantitative estimate of drug-likeness (QED) is 0.779. The van der Waals surface area contributed by atoms with Gasteiger partial charge in [-0.05, 0) is 68.2 Å². The predicted molar refractivity (Wildman–Crippen MR) is 111 cm³/mol. The first kappa shape index (κ1) is 20.8. The number of fused-ring (bicyclic) bond motifs is 3. The SMILES string of the molecule is C[C@@H]1CC2(Cc3ccc(C#N)cc3[C@]23N=C(N)N(CC(C)(C)F)C3=O)C[C@H](C)C1O. The predicted octanol–water partition coefficient (Wildman–Crippen LogP) is 2.63. The van der Waals surface area contributed by atoms with E-state index in [1.165, 1.54) is 18.7 Å². The molecule has 2 unspecified atom stereocenters. The molecule has 1 heterocycles. The van der Waals surface area contributed by atoms with Gasteiger partial charge in [-0.25, -0.2) is 9.38 Å². The standard InChI is InChI=1S/C23H29FN4O2/c1-13-8-22(9-14(2)18(13)29)10-16-6-5-15(11-25)7-17(16)23(22)19(30)28(20(26)27-23)12-21(3,4)24/h5-7,13-14,18,29H,8-10,12H2,1-4H3,(H2,26,27)/t13-,14+,18?,22?,23-/m1/s1. The maximum atomic E-state index is 14.5. The average molecular weight is 413 g/mol. The van der Waals surface area contributed by atoms with E-state index in [0.717, 1.165) is 5.56 Å². The zero-order valence-corrected chi connectivity index (χ0v) is 17.9. The highest BCUT2D eigenvalue weighted by molar-refractivity contribution is 6.08. The van der Waals surface area contributed by atoms with E-state index in [4.69, 9.17) is 10.7 Å². The van der Waals surface area contributed by atoms with Crippen molar-refractivity contribution >= 4 is 11.9 Å². The smallest absolute Gasteiger partial charge is 0.262 e. The van der Waals surface area contributed by atoms with Crippen LogP contribution in [0, 0.1) is 28.6 Å². The molecule has 1 aromatic rings. The van der Waals surface area contributed by atoms with Gasteiger partial charge in [0.1, 0.15) is 5.67 Å². The molecule has 3 N–H and O–H groups in total. The molecule has 5 atom stereocenters. The van der Waals surface area contributed by atoms with Crippen LogP contribution in [0.25, 0.3) is 0 Å². The van der Waals surface area contributed by atoms with Gasteiger partial charge in [-0.3, -0.25) is 9.69 Å². The third-order valence-corrected chi connectivity index (χ3v) is 7.16. The summed E-state index contributed by atoms with van der Waals surface area (Å²) in [5.41, 5.74) is 4.85. The molecule has 4 rings (SSSR count). The Bertz CT molecular complexity index is 964. The van der Waals surface area contributed by atoms with Crippen molar-refractivity contribution in [1.82, 2.24) is 4.90 Å². The summed E-state index contributed by atoms with van der Waals surface area (Å²) < 4.78 is 14.5. The summed E-state index contributed by atoms with van der Waals surface area (Å²) in [6, 6.07) is 7.54. The number of benzene rings is 1. The first-order valence-electron chi connectivity index (χ1n) is 10.5. The van der Waals surface area contributed by atoms with Gasteiger partial charge < -0.3 is 10.8 Å². The highest BCUT2D eigenvalue weighted by Crippen LogP contribution is 2.63. The number of alkyl halides is 1. The Balaban J connectivity index is 1.92. The Labute approximate surface area is 176 Å². The van der Waals surface area contributed by atoms with Crippen LogP contribution >= 0.6 is 0 Å². The second kappa shape index (κ2) is 6.52. The molecule has 7 heteroatoms. The van der Waals surface area contributed by atoms with Gasteiger partial charge in [0.05, 0.1) is 24.3 Å². The molecule has 3 aliphatic rings. The Hall–Kier alpha value is -2.46. The molecule has 0 aromatic heterocycles. The molecule has 1 amide bonds. The van der Waals surface area contributed by atoms with E-state index in [1.807, 2.05) is 19.9 Å². The lowest BCUT2D eigenvalue weighted by molar-refractivity contribution is -0.142. The molecule has 2 aliphatic carbocycles. The van der Waals surface area contributed by atoms with Crippen molar-refractivity contribution in [3.8, 4) is 6.07 Å². The second-order valence-electron chi connectivity index (χ2n) is 10.1. The molecule has 0 bridgehead atoms. The number of nitrogens with zero attached hydrogens (tertiary/aromatic N) is 3. The minimum atomic E-state index is -1.63. The number of nitriles is 1. The number of aliphatic imine (C=N–C) groups is 1. The molecule has 1 aromatic carbocycles. The van der Waals surface area contributed by atoms with Crippen LogP contribution in [0.2, 0.25) is 0 Å². The van der Waals surface area contributed by atoms with E-state index < -0.39 is 22.7 Å². The fourth-order valence-corrected chi connectivity index (χ4v) is 6.10. The first-order valence-corrected chi connectivity index (χ1v) is 10.5. The molecule has 0 radical (unpaired) electrons. The maximum Gasteiger partial charge on any atom is 0.262 e. The topological polar surface area (TPSA) is 103 Å². The number of rotatable bonds is 2. The lowest BCUT2D eigenvalue weighted by atomic mass is 9.56. The van der Waals surface area contributed by atoms with Gasteiger partial charge in [0, 0.05) is 5.41 Å². The normalized spacial score (nSPS) is 35.6. The zero-order valence-electron chi connectivity index (χ0n) is 17.9. The van der Waals surface area contributed by atoms with E-state index in [9.17, 15) is 19.6 Å². The Morgan fingerprint density at radius 2 is 2.00 bits per heavy atom. The Morgan fingerprint density at radius 3 is 2.57 bits per heavy atom. The molecule has 1 fully saturated rings. The summed E-state index contributed by atoms with van der Waals surface area (Å²) in [6.07, 6.45) is 1.37. The molecule has 2 spiro atoms. The zero-order chi connectivity index (χ0) is 22.1. The highest BCUT2D eigenvalue weighted by Gasteiger charge is 2.68. The number of amides is 1. The van der Waals surface area contributed by atoms with Crippen LogP contribution in [-0.2, 0) is 16.8 Å². The number of guanidine groups is 1. The third kappa shape index (κ3) is 2.77. The molecule has 1 aliphatic heterocycles. The minimum Gasteiger partial charge on any atom is -0.393 e. The van der Waals surface area contributed by atoms with Crippen molar-refractivity contribution in [1.29, 1.82) is 5.26 Å². The number of carbonyl (C=O) groups is 1. The van der Waals surface area contributed by atoms with Gasteiger partial charge in [-0.2, -0.15) is 5.26 Å². The van der Waals surface area contributed by atoms with E-state index in [-0.39, 0.29) is 30.2 Å². The van der Waals surface area contributed by atoms with Gasteiger partial charge in [0.25, 0.3) is 5.91 Å². The van der Waals surface area contributed by atoms with Crippen molar-refractivity contribution in [2.45, 2.75) is 64.3 Å². The maximum absolute atomic E-state index is 14.5. The van der Waals surface area contributed by atoms with E-state index in [1.54, 1.807) is 12.1 Å². The number of carbonyl (C=O) groups excluding carboxylic acids is 1. The fourth-order valence-electron chi connectivity index (χ4n) is 6.10. The molecule has 160 valence electrons. The number of nitrogens with two attached hydrogens (primary N) is 1. The van der Waals surface area contributed by atoms with E-state index in [2.05, 4.69) is 6.07 Å². The van der Waals surface area contributed by atoms with Crippen LogP contribution in [0.5, 0.6) is 0 Å². The van der Waals surface area contributed by atoms with Crippen LogP contribution in [0.1, 0.15) is 57.2 Å². The summed E-state index contributed by atoms with van der Waals surface area (Å²) in [5.74, 6) is -0.348. The fraction of sp³-hybridized carbons (Fsp3) is 0.609. The van der Waals surface area contributed by atoms with Crippen LogP contribution in [-0.4, -0.2) is 40.2 Å². The van der Waals surface area contributed by atoms with Gasteiger partial charge in [-0.1, -0.05) is 19.9 Å². The van der Waals surface area contributed by atoms with Crippen LogP contribution in [0.3, 0.4) is 0 Å². The Kier molecular flexibility index (Phi) is 4.52. The second-order valence-corrected chi connectivity index (χ2v) is 10.1. The summed E-state index contributed by atoms with van der Waals surface area (Å²) in [6.45, 7) is 6.63. The average Bonchev–Trinajstić information content (AvgIpc) is 3.05. The lowest BCUT2D eigenvalue weighted by Gasteiger charge is -2.49. The molecular weight excluding hydrogens is 383 g/mol. The van der Waals surface area contributed by atoms with Gasteiger partial charge in [-0.15, -0.1) is 0 Å². The van der Waals surface area contributed by atoms with Gasteiger partial charge in [0.15, 0.2) is 11.5 Å². The summed E-state index contributed by atoms with van der Waals surface area (Å²) in [4.78, 5) is 20.0. The van der Waals surface area contributed by atoms with Crippen LogP contribution < -0.4 is 5.73 Å². The number of aliphatic hydroxyl groups is 1. The van der Waals surface area contributed by atoms with Crippen LogP contribution in [0.15, 0.2) is 23.2 Å². The Morgan fingerprint density at radius 1 is 1.37 bits per heavy atom. The van der Waals surface area contributed by atoms with Gasteiger partial charge >= 0.3 is 0 Å². The number of aliphatic hydroxyl groups excluding tert-OH is 1. The highest BCUT2D eigenvalue weighted by atomic mass is 19.1. The minimum absolute atomic E-state index is 0.0201. The lowest BCUT2D eigenvalue weighted by Crippen LogP contribution is -2.56. The molecule has 6 nitrogen and oxygen atoms in total. The summed E-state index contributed by atoms with van der Waals surface area (Å²) in [7, 11) is 0. The van der Waals surface area contributed by atoms with E-state index >= 15 is 0 Å². The summed E-state index contributed by atoms with van der Waals surface area (Å²) >= 11 is 0. The number of halogens is 1. The largest absolute Gasteiger partial charge is 0.393 e. The van der Waals surface area contributed by atoms with Crippen molar-refractivity contribution in [2.75, 3.05) is 6.54 Å². The number of hydrogen-bond donors (Lipinski definition) is 2. The van der Waals surface area contributed by atoms with Gasteiger partial charge in [0.2, 0.25) is 0 Å². The van der Waals surface area contributed by atoms with Crippen LogP contribution in [0.4, 0.5) is 4.39 Å².